The number of nitrogens with one attached hydrogen (secondary N) is 2. The summed E-state index contributed by atoms with van der Waals surface area (Å²) in [6.45, 7) is 2.84. The van der Waals surface area contributed by atoms with Crippen LogP contribution in [0, 0.1) is 6.92 Å². The predicted molar refractivity (Wildman–Crippen MR) is 83.4 cm³/mol. The second kappa shape index (κ2) is 5.29. The standard InChI is InChI=1S/C17H18N2O/c1-12-3-6-17(20-2)14(9-12)11-19-15-4-5-16-13(10-15)7-8-18-16/h3-10,18-19H,11H2,1-2H3. The summed E-state index contributed by atoms with van der Waals surface area (Å²) in [7, 11) is 1.71. The number of aryl methyl sites for hydroxylation is 1. The minimum Gasteiger partial charge on any atom is -0.496 e. The fraction of sp³-hybridized carbons (Fsp3) is 0.176. The molecule has 0 fully saturated rings. The van der Waals surface area contributed by atoms with E-state index < -0.39 is 0 Å². The summed E-state index contributed by atoms with van der Waals surface area (Å²) in [6, 6.07) is 14.6. The van der Waals surface area contributed by atoms with E-state index in [2.05, 4.69) is 53.6 Å². The van der Waals surface area contributed by atoms with Crippen molar-refractivity contribution in [1.82, 2.24) is 4.98 Å². The second-order valence-corrected chi connectivity index (χ2v) is 4.95. The molecule has 3 heteroatoms. The van der Waals surface area contributed by atoms with Crippen molar-refractivity contribution >= 4 is 16.6 Å². The molecule has 0 aliphatic rings. The molecule has 0 aliphatic carbocycles. The summed E-state index contributed by atoms with van der Waals surface area (Å²) >= 11 is 0. The maximum atomic E-state index is 5.40. The number of benzene rings is 2. The highest BCUT2D eigenvalue weighted by Gasteiger charge is 2.03. The summed E-state index contributed by atoms with van der Waals surface area (Å²) in [5.41, 5.74) is 4.68. The third kappa shape index (κ3) is 2.48. The first-order chi connectivity index (χ1) is 9.76. The van der Waals surface area contributed by atoms with Gasteiger partial charge in [0.15, 0.2) is 0 Å². The van der Waals surface area contributed by atoms with Crippen molar-refractivity contribution in [2.24, 2.45) is 0 Å². The molecule has 2 aromatic carbocycles. The summed E-state index contributed by atoms with van der Waals surface area (Å²) in [4.78, 5) is 3.20. The number of H-pyrrole nitrogens is 1. The van der Waals surface area contributed by atoms with Crippen LogP contribution >= 0.6 is 0 Å². The van der Waals surface area contributed by atoms with Crippen molar-refractivity contribution in [3.63, 3.8) is 0 Å². The first kappa shape index (κ1) is 12.6. The van der Waals surface area contributed by atoms with Crippen molar-refractivity contribution < 1.29 is 4.74 Å². The van der Waals surface area contributed by atoms with Gasteiger partial charge in [-0.1, -0.05) is 17.7 Å². The minimum absolute atomic E-state index is 0.751. The van der Waals surface area contributed by atoms with Crippen LogP contribution in [0.4, 0.5) is 5.69 Å². The Balaban J connectivity index is 1.80. The molecule has 0 aliphatic heterocycles. The van der Waals surface area contributed by atoms with Crippen LogP contribution in [0.3, 0.4) is 0 Å². The van der Waals surface area contributed by atoms with Gasteiger partial charge in [0.2, 0.25) is 0 Å². The molecule has 0 bridgehead atoms. The maximum Gasteiger partial charge on any atom is 0.123 e. The Morgan fingerprint density at radius 2 is 2.00 bits per heavy atom. The number of anilines is 1. The molecule has 102 valence electrons. The third-order valence-corrected chi connectivity index (χ3v) is 3.47. The largest absolute Gasteiger partial charge is 0.496 e. The molecule has 0 atom stereocenters. The molecule has 3 rings (SSSR count). The van der Waals surface area contributed by atoms with E-state index in [4.69, 9.17) is 4.74 Å². The van der Waals surface area contributed by atoms with Crippen molar-refractivity contribution in [2.45, 2.75) is 13.5 Å². The number of fused-ring (bicyclic) bond motifs is 1. The number of ether oxygens (including phenoxy) is 1. The van der Waals surface area contributed by atoms with Crippen LogP contribution in [0.5, 0.6) is 5.75 Å². The van der Waals surface area contributed by atoms with E-state index in [0.717, 1.165) is 23.5 Å². The molecule has 0 saturated heterocycles. The quantitative estimate of drug-likeness (QED) is 0.746. The highest BCUT2D eigenvalue weighted by atomic mass is 16.5. The van der Waals surface area contributed by atoms with Crippen LogP contribution in [0.1, 0.15) is 11.1 Å². The van der Waals surface area contributed by atoms with Gasteiger partial charge in [-0.05, 0) is 37.3 Å². The molecule has 0 unspecified atom stereocenters. The lowest BCUT2D eigenvalue weighted by Gasteiger charge is -2.11. The fourth-order valence-electron chi connectivity index (χ4n) is 2.41. The van der Waals surface area contributed by atoms with E-state index >= 15 is 0 Å². The molecule has 0 spiro atoms. The Hall–Kier alpha value is -2.42. The lowest BCUT2D eigenvalue weighted by molar-refractivity contribution is 0.410. The molecule has 0 radical (unpaired) electrons. The van der Waals surface area contributed by atoms with Crippen molar-refractivity contribution in [3.8, 4) is 5.75 Å². The van der Waals surface area contributed by atoms with Crippen molar-refractivity contribution in [3.05, 3.63) is 59.8 Å². The SMILES string of the molecule is COc1ccc(C)cc1CNc1ccc2[nH]ccc2c1. The number of hydrogen-bond acceptors (Lipinski definition) is 2. The zero-order valence-electron chi connectivity index (χ0n) is 11.7. The highest BCUT2D eigenvalue weighted by Crippen LogP contribution is 2.22. The molecule has 20 heavy (non-hydrogen) atoms. The van der Waals surface area contributed by atoms with E-state index in [1.165, 1.54) is 16.5 Å². The van der Waals surface area contributed by atoms with Gasteiger partial charge >= 0.3 is 0 Å². The lowest BCUT2D eigenvalue weighted by atomic mass is 10.1. The van der Waals surface area contributed by atoms with Gasteiger partial charge in [0.1, 0.15) is 5.75 Å². The Bertz CT molecular complexity index is 731. The normalized spacial score (nSPS) is 10.7. The Kier molecular flexibility index (Phi) is 3.33. The molecular weight excluding hydrogens is 248 g/mol. The Labute approximate surface area is 118 Å². The van der Waals surface area contributed by atoms with E-state index in [9.17, 15) is 0 Å². The maximum absolute atomic E-state index is 5.40. The van der Waals surface area contributed by atoms with Crippen LogP contribution in [-0.4, -0.2) is 12.1 Å². The van der Waals surface area contributed by atoms with Crippen LogP contribution in [0.15, 0.2) is 48.7 Å². The average Bonchev–Trinajstić information content (AvgIpc) is 2.92. The van der Waals surface area contributed by atoms with E-state index in [0.29, 0.717) is 0 Å². The van der Waals surface area contributed by atoms with Gasteiger partial charge in [-0.15, -0.1) is 0 Å². The van der Waals surface area contributed by atoms with E-state index in [1.54, 1.807) is 7.11 Å². The minimum atomic E-state index is 0.751. The van der Waals surface area contributed by atoms with Crippen LogP contribution in [-0.2, 0) is 6.54 Å². The van der Waals surface area contributed by atoms with Crippen LogP contribution in [0.2, 0.25) is 0 Å². The monoisotopic (exact) mass is 266 g/mol. The number of rotatable bonds is 4. The summed E-state index contributed by atoms with van der Waals surface area (Å²) in [5, 5.41) is 4.67. The highest BCUT2D eigenvalue weighted by molar-refractivity contribution is 5.82. The molecule has 3 nitrogen and oxygen atoms in total. The van der Waals surface area contributed by atoms with Gasteiger partial charge in [0, 0.05) is 34.9 Å². The molecule has 1 heterocycles. The van der Waals surface area contributed by atoms with E-state index in [-0.39, 0.29) is 0 Å². The third-order valence-electron chi connectivity index (χ3n) is 3.47. The summed E-state index contributed by atoms with van der Waals surface area (Å²) < 4.78 is 5.40. The summed E-state index contributed by atoms with van der Waals surface area (Å²) in [6.07, 6.45) is 1.96. The van der Waals surface area contributed by atoms with E-state index in [1.807, 2.05) is 12.3 Å². The van der Waals surface area contributed by atoms with Crippen molar-refractivity contribution in [2.75, 3.05) is 12.4 Å². The number of methoxy groups -OCH3 is 1. The smallest absolute Gasteiger partial charge is 0.123 e. The van der Waals surface area contributed by atoms with Gasteiger partial charge < -0.3 is 15.0 Å². The second-order valence-electron chi connectivity index (χ2n) is 4.95. The summed E-state index contributed by atoms with van der Waals surface area (Å²) in [5.74, 6) is 0.922. The predicted octanol–water partition coefficient (Wildman–Crippen LogP) is 4.10. The average molecular weight is 266 g/mol. The zero-order chi connectivity index (χ0) is 13.9. The van der Waals surface area contributed by atoms with Gasteiger partial charge in [-0.25, -0.2) is 0 Å². The Morgan fingerprint density at radius 3 is 2.85 bits per heavy atom. The molecule has 1 aromatic heterocycles. The Morgan fingerprint density at radius 1 is 1.10 bits per heavy atom. The molecule has 0 saturated carbocycles. The van der Waals surface area contributed by atoms with Gasteiger partial charge in [0.25, 0.3) is 0 Å². The van der Waals surface area contributed by atoms with Gasteiger partial charge in [-0.3, -0.25) is 0 Å². The number of hydrogen-bond donors (Lipinski definition) is 2. The number of aromatic amines is 1. The molecule has 2 N–H and O–H groups in total. The first-order valence-electron chi connectivity index (χ1n) is 6.71. The molecule has 3 aromatic rings. The van der Waals surface area contributed by atoms with Crippen LogP contribution < -0.4 is 10.1 Å². The zero-order valence-corrected chi connectivity index (χ0v) is 11.7. The van der Waals surface area contributed by atoms with Gasteiger partial charge in [-0.2, -0.15) is 0 Å². The first-order valence-corrected chi connectivity index (χ1v) is 6.71. The van der Waals surface area contributed by atoms with Gasteiger partial charge in [0.05, 0.1) is 7.11 Å². The number of aromatic nitrogens is 1. The topological polar surface area (TPSA) is 37.0 Å². The van der Waals surface area contributed by atoms with Crippen molar-refractivity contribution in [1.29, 1.82) is 0 Å². The molecule has 0 amide bonds. The lowest BCUT2D eigenvalue weighted by Crippen LogP contribution is -2.02. The molecular formula is C17H18N2O. The van der Waals surface area contributed by atoms with Crippen LogP contribution in [0.25, 0.3) is 10.9 Å². The fourth-order valence-corrected chi connectivity index (χ4v) is 2.41.